The Hall–Kier alpha value is -0.320. The summed E-state index contributed by atoms with van der Waals surface area (Å²) in [6.07, 6.45) is 4.28. The Bertz CT molecular complexity index is 294. The first-order valence-corrected chi connectivity index (χ1v) is 8.63. The van der Waals surface area contributed by atoms with Crippen molar-refractivity contribution >= 4 is 18.3 Å². The van der Waals surface area contributed by atoms with Gasteiger partial charge in [0.1, 0.15) is 0 Å². The molecule has 3 unspecified atom stereocenters. The van der Waals surface area contributed by atoms with Crippen LogP contribution in [0.1, 0.15) is 53.4 Å². The van der Waals surface area contributed by atoms with Crippen molar-refractivity contribution in [2.45, 2.75) is 59.5 Å². The maximum Gasteiger partial charge on any atom is 0.220 e. The lowest BCUT2D eigenvalue weighted by atomic mass is 9.85. The van der Waals surface area contributed by atoms with Gasteiger partial charge in [-0.1, -0.05) is 20.8 Å². The van der Waals surface area contributed by atoms with Crippen molar-refractivity contribution in [2.75, 3.05) is 26.2 Å². The Labute approximate surface area is 142 Å². The summed E-state index contributed by atoms with van der Waals surface area (Å²) in [5, 5.41) is 6.48. The molecular formula is C17H35ClN2O2. The van der Waals surface area contributed by atoms with E-state index in [2.05, 4.69) is 31.4 Å². The summed E-state index contributed by atoms with van der Waals surface area (Å²) in [4.78, 5) is 12.0. The number of hydrogen-bond donors (Lipinski definition) is 2. The Kier molecular flexibility index (Phi) is 12.0. The van der Waals surface area contributed by atoms with Gasteiger partial charge in [-0.05, 0) is 57.0 Å². The molecule has 1 amide bonds. The summed E-state index contributed by atoms with van der Waals surface area (Å²) < 4.78 is 5.70. The minimum atomic E-state index is 0. The van der Waals surface area contributed by atoms with Crippen LogP contribution in [0.25, 0.3) is 0 Å². The lowest BCUT2D eigenvalue weighted by Gasteiger charge is -2.28. The van der Waals surface area contributed by atoms with Crippen LogP contribution in [0.2, 0.25) is 0 Å². The molecule has 0 aromatic heterocycles. The molecule has 0 aromatic rings. The van der Waals surface area contributed by atoms with Crippen LogP contribution >= 0.6 is 12.4 Å². The second kappa shape index (κ2) is 12.1. The number of hydrogen-bond acceptors (Lipinski definition) is 3. The zero-order valence-corrected chi connectivity index (χ0v) is 15.5. The molecule has 0 saturated carbocycles. The first-order valence-electron chi connectivity index (χ1n) is 8.63. The molecule has 22 heavy (non-hydrogen) atoms. The molecule has 0 spiro atoms. The van der Waals surface area contributed by atoms with Crippen molar-refractivity contribution in [1.29, 1.82) is 0 Å². The van der Waals surface area contributed by atoms with Crippen LogP contribution in [0.3, 0.4) is 0 Å². The molecule has 3 atom stereocenters. The summed E-state index contributed by atoms with van der Waals surface area (Å²) in [5.41, 5.74) is 0. The van der Waals surface area contributed by atoms with E-state index in [1.54, 1.807) is 0 Å². The first-order chi connectivity index (χ1) is 10.0. The molecule has 1 aliphatic rings. The molecule has 1 aliphatic heterocycles. The number of piperidine rings is 1. The van der Waals surface area contributed by atoms with Crippen LogP contribution in [-0.2, 0) is 9.53 Å². The molecular weight excluding hydrogens is 300 g/mol. The van der Waals surface area contributed by atoms with E-state index in [1.807, 2.05) is 6.92 Å². The van der Waals surface area contributed by atoms with Gasteiger partial charge in [0, 0.05) is 19.6 Å². The third-order valence-corrected chi connectivity index (χ3v) is 4.52. The van der Waals surface area contributed by atoms with Crippen molar-refractivity contribution in [3.05, 3.63) is 0 Å². The van der Waals surface area contributed by atoms with E-state index in [9.17, 15) is 4.79 Å². The molecule has 1 saturated heterocycles. The third kappa shape index (κ3) is 8.35. The maximum atomic E-state index is 12.0. The topological polar surface area (TPSA) is 50.4 Å². The highest BCUT2D eigenvalue weighted by Crippen LogP contribution is 2.22. The summed E-state index contributed by atoms with van der Waals surface area (Å²) in [6.45, 7) is 12.2. The molecule has 1 heterocycles. The second-order valence-electron chi connectivity index (χ2n) is 6.66. The quantitative estimate of drug-likeness (QED) is 0.681. The monoisotopic (exact) mass is 334 g/mol. The number of carbonyl (C=O) groups is 1. The van der Waals surface area contributed by atoms with Gasteiger partial charge in [-0.25, -0.2) is 0 Å². The lowest BCUT2D eigenvalue weighted by Crippen LogP contribution is -2.36. The Morgan fingerprint density at radius 2 is 2.09 bits per heavy atom. The van der Waals surface area contributed by atoms with E-state index in [-0.39, 0.29) is 24.4 Å². The zero-order chi connectivity index (χ0) is 15.7. The normalized spacial score (nSPS) is 21.0. The first kappa shape index (κ1) is 21.7. The highest BCUT2D eigenvalue weighted by Gasteiger charge is 2.22. The van der Waals surface area contributed by atoms with Gasteiger partial charge in [-0.3, -0.25) is 4.79 Å². The number of halogens is 1. The Morgan fingerprint density at radius 3 is 2.64 bits per heavy atom. The minimum Gasteiger partial charge on any atom is -0.378 e. The number of ether oxygens (including phenoxy) is 1. The van der Waals surface area contributed by atoms with Crippen molar-refractivity contribution in [1.82, 2.24) is 10.6 Å². The van der Waals surface area contributed by atoms with Crippen LogP contribution in [0.4, 0.5) is 0 Å². The van der Waals surface area contributed by atoms with Gasteiger partial charge in [0.05, 0.1) is 6.10 Å². The van der Waals surface area contributed by atoms with E-state index >= 15 is 0 Å². The fraction of sp³-hybridized carbons (Fsp3) is 0.941. The highest BCUT2D eigenvalue weighted by molar-refractivity contribution is 5.85. The number of nitrogens with one attached hydrogen (secondary N) is 2. The number of amides is 1. The molecule has 132 valence electrons. The van der Waals surface area contributed by atoms with Gasteiger partial charge in [-0.15, -0.1) is 12.4 Å². The van der Waals surface area contributed by atoms with Crippen LogP contribution in [-0.4, -0.2) is 38.3 Å². The van der Waals surface area contributed by atoms with Crippen LogP contribution in [0.15, 0.2) is 0 Å². The SMILES string of the molecule is CCOC(CCNC(=O)CC(C)C1CCCNC1)C(C)C.Cl. The minimum absolute atomic E-state index is 0. The number of carbonyl (C=O) groups excluding carboxylic acids is 1. The van der Waals surface area contributed by atoms with Gasteiger partial charge in [0.15, 0.2) is 0 Å². The predicted octanol–water partition coefficient (Wildman–Crippen LogP) is 3.00. The molecule has 5 heteroatoms. The average molecular weight is 335 g/mol. The van der Waals surface area contributed by atoms with Crippen molar-refractivity contribution < 1.29 is 9.53 Å². The molecule has 0 radical (unpaired) electrons. The summed E-state index contributed by atoms with van der Waals surface area (Å²) >= 11 is 0. The molecule has 0 bridgehead atoms. The summed E-state index contributed by atoms with van der Waals surface area (Å²) in [6, 6.07) is 0. The van der Waals surface area contributed by atoms with Crippen molar-refractivity contribution in [3.8, 4) is 0 Å². The van der Waals surface area contributed by atoms with Gasteiger partial charge < -0.3 is 15.4 Å². The fourth-order valence-electron chi connectivity index (χ4n) is 3.07. The Morgan fingerprint density at radius 1 is 1.36 bits per heavy atom. The zero-order valence-electron chi connectivity index (χ0n) is 14.7. The van der Waals surface area contributed by atoms with E-state index in [0.717, 1.165) is 32.7 Å². The van der Waals surface area contributed by atoms with Gasteiger partial charge in [0.25, 0.3) is 0 Å². The molecule has 0 aliphatic carbocycles. The molecule has 1 fully saturated rings. The number of rotatable bonds is 9. The lowest BCUT2D eigenvalue weighted by molar-refractivity contribution is -0.122. The van der Waals surface area contributed by atoms with E-state index in [1.165, 1.54) is 12.8 Å². The van der Waals surface area contributed by atoms with Crippen LogP contribution < -0.4 is 10.6 Å². The van der Waals surface area contributed by atoms with E-state index in [0.29, 0.717) is 24.2 Å². The maximum absolute atomic E-state index is 12.0. The largest absolute Gasteiger partial charge is 0.378 e. The van der Waals surface area contributed by atoms with Gasteiger partial charge in [-0.2, -0.15) is 0 Å². The standard InChI is InChI=1S/C17H34N2O2.ClH/c1-5-21-16(13(2)3)8-10-19-17(20)11-14(4)15-7-6-9-18-12-15;/h13-16,18H,5-12H2,1-4H3,(H,19,20);1H. The van der Waals surface area contributed by atoms with E-state index in [4.69, 9.17) is 4.74 Å². The van der Waals surface area contributed by atoms with E-state index < -0.39 is 0 Å². The van der Waals surface area contributed by atoms with Crippen molar-refractivity contribution in [3.63, 3.8) is 0 Å². The van der Waals surface area contributed by atoms with Crippen LogP contribution in [0.5, 0.6) is 0 Å². The van der Waals surface area contributed by atoms with Gasteiger partial charge >= 0.3 is 0 Å². The summed E-state index contributed by atoms with van der Waals surface area (Å²) in [7, 11) is 0. The second-order valence-corrected chi connectivity index (χ2v) is 6.66. The molecule has 4 nitrogen and oxygen atoms in total. The fourth-order valence-corrected chi connectivity index (χ4v) is 3.07. The molecule has 2 N–H and O–H groups in total. The Balaban J connectivity index is 0.00000441. The average Bonchev–Trinajstić information content (AvgIpc) is 2.47. The highest BCUT2D eigenvalue weighted by atomic mass is 35.5. The predicted molar refractivity (Wildman–Crippen MR) is 94.5 cm³/mol. The summed E-state index contributed by atoms with van der Waals surface area (Å²) in [5.74, 6) is 1.79. The van der Waals surface area contributed by atoms with Crippen LogP contribution in [0, 0.1) is 17.8 Å². The van der Waals surface area contributed by atoms with Crippen molar-refractivity contribution in [2.24, 2.45) is 17.8 Å². The molecule has 0 aromatic carbocycles. The van der Waals surface area contributed by atoms with Gasteiger partial charge in [0.2, 0.25) is 5.91 Å². The third-order valence-electron chi connectivity index (χ3n) is 4.52. The smallest absolute Gasteiger partial charge is 0.220 e. The molecule has 1 rings (SSSR count).